The Labute approximate surface area is 92.0 Å². The highest BCUT2D eigenvalue weighted by atomic mass is 32.1. The van der Waals surface area contributed by atoms with E-state index in [9.17, 15) is 9.59 Å². The fourth-order valence-corrected chi connectivity index (χ4v) is 1.92. The van der Waals surface area contributed by atoms with Crippen LogP contribution in [0.25, 0.3) is 0 Å². The summed E-state index contributed by atoms with van der Waals surface area (Å²) in [5.41, 5.74) is 2.25. The minimum absolute atomic E-state index is 0.127. The summed E-state index contributed by atoms with van der Waals surface area (Å²) in [6.07, 6.45) is -0.264. The van der Waals surface area contributed by atoms with E-state index in [1.807, 2.05) is 0 Å². The van der Waals surface area contributed by atoms with Crippen LogP contribution in [0, 0.1) is 0 Å². The molecule has 3 unspecified atom stereocenters. The van der Waals surface area contributed by atoms with Gasteiger partial charge in [0.05, 0.1) is 0 Å². The fraction of sp³-hybridized carbons (Fsp3) is 0.714. The first-order valence-electron chi connectivity index (χ1n) is 4.39. The topological polar surface area (TPSA) is 94.3 Å². The molecule has 0 bridgehead atoms. The van der Waals surface area contributed by atoms with Crippen LogP contribution in [0.4, 0.5) is 0 Å². The Morgan fingerprint density at radius 1 is 1.47 bits per heavy atom. The highest BCUT2D eigenvalue weighted by Crippen LogP contribution is 1.95. The molecule has 0 saturated carbocycles. The Kier molecular flexibility index (Phi) is 3.91. The molecule has 1 heterocycles. The molecule has 0 amide bonds. The quantitative estimate of drug-likeness (QED) is 0.387. The number of carboxylic acids is 2. The molecule has 1 rings (SSSR count). The van der Waals surface area contributed by atoms with Crippen LogP contribution < -0.4 is 10.3 Å². The molecule has 1 aliphatic rings. The second kappa shape index (κ2) is 4.79. The molecule has 3 atom stereocenters. The minimum Gasteiger partial charge on any atom is -0.709 e. The number of carboxylic acid groups (broad SMARTS) is 2. The van der Waals surface area contributed by atoms with E-state index in [0.717, 1.165) is 0 Å². The monoisotopic (exact) mass is 235 g/mol. The predicted octanol–water partition coefficient (Wildman–Crippen LogP) is -2.96. The predicted molar refractivity (Wildman–Crippen MR) is 51.6 cm³/mol. The summed E-state index contributed by atoms with van der Waals surface area (Å²) in [4.78, 5) is 21.7. The second-order valence-corrected chi connectivity index (χ2v) is 3.82. The lowest BCUT2D eigenvalue weighted by Crippen LogP contribution is -3.18. The van der Waals surface area contributed by atoms with Gasteiger partial charge in [-0.25, -0.2) is 10.2 Å². The highest BCUT2D eigenvalue weighted by molar-refractivity contribution is 7.59. The third-order valence-corrected chi connectivity index (χ3v) is 2.69. The van der Waals surface area contributed by atoms with Gasteiger partial charge in [-0.3, -0.25) is 4.79 Å². The molecule has 0 aromatic rings. The van der Waals surface area contributed by atoms with Crippen LogP contribution in [0.2, 0.25) is 0 Å². The molecule has 0 radical (unpaired) electrons. The van der Waals surface area contributed by atoms with E-state index in [1.165, 1.54) is 5.01 Å². The van der Waals surface area contributed by atoms with Crippen molar-refractivity contribution in [2.75, 3.05) is 13.1 Å². The van der Waals surface area contributed by atoms with Gasteiger partial charge in [0.25, 0.3) is 0 Å². The van der Waals surface area contributed by atoms with E-state index >= 15 is 0 Å². The summed E-state index contributed by atoms with van der Waals surface area (Å²) in [6, 6.07) is 0. The smallest absolute Gasteiger partial charge is 0.359 e. The van der Waals surface area contributed by atoms with Gasteiger partial charge in [-0.1, -0.05) is 0 Å². The van der Waals surface area contributed by atoms with Gasteiger partial charge in [-0.05, 0) is 0 Å². The molecule has 7 nitrogen and oxygen atoms in total. The van der Waals surface area contributed by atoms with Crippen LogP contribution in [0.15, 0.2) is 0 Å². The summed E-state index contributed by atoms with van der Waals surface area (Å²) in [5.74, 6) is -1.93. The zero-order valence-electron chi connectivity index (χ0n) is 8.14. The molecule has 15 heavy (non-hydrogen) atoms. The number of nitrogens with one attached hydrogen (secondary N) is 2. The van der Waals surface area contributed by atoms with Crippen LogP contribution in [0.1, 0.15) is 6.92 Å². The molecule has 0 aliphatic carbocycles. The Balaban J connectivity index is 2.61. The SMILES string of the molecule is CC1N(CC(=O)O)NC([S-])[NH+]1CC(=O)O. The molecular formula is C7H13N3O4S. The van der Waals surface area contributed by atoms with Crippen molar-refractivity contribution in [2.24, 2.45) is 0 Å². The maximum atomic E-state index is 10.5. The van der Waals surface area contributed by atoms with Crippen molar-refractivity contribution in [2.45, 2.75) is 18.6 Å². The number of carbonyl (C=O) groups is 2. The van der Waals surface area contributed by atoms with Gasteiger partial charge in [0.15, 0.2) is 12.7 Å². The summed E-state index contributed by atoms with van der Waals surface area (Å²) in [5, 5.41) is 18.7. The Morgan fingerprint density at radius 3 is 2.53 bits per heavy atom. The van der Waals surface area contributed by atoms with E-state index in [2.05, 4.69) is 5.43 Å². The van der Waals surface area contributed by atoms with Crippen molar-refractivity contribution < 1.29 is 24.7 Å². The third-order valence-electron chi connectivity index (χ3n) is 2.28. The van der Waals surface area contributed by atoms with Gasteiger partial charge in [0, 0.05) is 12.4 Å². The zero-order valence-corrected chi connectivity index (χ0v) is 8.95. The molecule has 8 heteroatoms. The normalized spacial score (nSPS) is 31.7. The van der Waals surface area contributed by atoms with E-state index < -0.39 is 17.4 Å². The number of rotatable bonds is 4. The number of hydrogen-bond acceptors (Lipinski definition) is 5. The Hall–Kier alpha value is -0.830. The summed E-state index contributed by atoms with van der Waals surface area (Å²) in [7, 11) is 0. The average molecular weight is 235 g/mol. The van der Waals surface area contributed by atoms with Gasteiger partial charge >= 0.3 is 11.9 Å². The fourth-order valence-electron chi connectivity index (χ4n) is 1.51. The Morgan fingerprint density at radius 2 is 2.07 bits per heavy atom. The molecule has 4 N–H and O–H groups in total. The number of nitrogens with zero attached hydrogens (tertiary/aromatic N) is 1. The van der Waals surface area contributed by atoms with E-state index in [-0.39, 0.29) is 19.3 Å². The van der Waals surface area contributed by atoms with Gasteiger partial charge in [-0.15, -0.1) is 0 Å². The lowest BCUT2D eigenvalue weighted by Gasteiger charge is -2.25. The van der Waals surface area contributed by atoms with Crippen molar-refractivity contribution in [3.8, 4) is 0 Å². The average Bonchev–Trinajstić information content (AvgIpc) is 2.31. The van der Waals surface area contributed by atoms with Gasteiger partial charge < -0.3 is 27.7 Å². The molecule has 86 valence electrons. The van der Waals surface area contributed by atoms with Crippen LogP contribution in [-0.4, -0.2) is 51.9 Å². The molecule has 0 aromatic heterocycles. The molecule has 0 spiro atoms. The molecule has 1 saturated heterocycles. The third kappa shape index (κ3) is 3.06. The number of aliphatic carboxylic acids is 2. The molecule has 0 aromatic carbocycles. The van der Waals surface area contributed by atoms with E-state index in [0.29, 0.717) is 4.90 Å². The summed E-state index contributed by atoms with van der Waals surface area (Å²) in [6.45, 7) is 1.41. The van der Waals surface area contributed by atoms with Gasteiger partial charge in [0.1, 0.15) is 6.54 Å². The lowest BCUT2D eigenvalue weighted by atomic mass is 10.4. The Bertz CT molecular complexity index is 275. The van der Waals surface area contributed by atoms with Crippen molar-refractivity contribution in [3.05, 3.63) is 0 Å². The van der Waals surface area contributed by atoms with E-state index in [4.69, 9.17) is 22.8 Å². The standard InChI is InChI=1S/C7H13N3O4S/c1-4-9(2-5(11)12)7(15)8-10(4)3-6(13)14/h4,7-8,15H,2-3H2,1H3,(H,11,12)(H,13,14). The lowest BCUT2D eigenvalue weighted by molar-refractivity contribution is -0.919. The maximum absolute atomic E-state index is 10.5. The minimum atomic E-state index is -0.979. The molecular weight excluding hydrogens is 222 g/mol. The molecule has 1 aliphatic heterocycles. The van der Waals surface area contributed by atoms with Crippen molar-refractivity contribution >= 4 is 24.6 Å². The van der Waals surface area contributed by atoms with Crippen LogP contribution in [0.5, 0.6) is 0 Å². The maximum Gasteiger partial charge on any atom is 0.359 e. The number of hydrogen-bond donors (Lipinski definition) is 4. The van der Waals surface area contributed by atoms with Crippen molar-refractivity contribution in [1.29, 1.82) is 0 Å². The molecule has 1 fully saturated rings. The summed E-state index contributed by atoms with van der Waals surface area (Å²) >= 11 is 5.00. The highest BCUT2D eigenvalue weighted by Gasteiger charge is 2.36. The van der Waals surface area contributed by atoms with Crippen molar-refractivity contribution in [1.82, 2.24) is 10.4 Å². The van der Waals surface area contributed by atoms with Crippen LogP contribution >= 0.6 is 0 Å². The van der Waals surface area contributed by atoms with Crippen LogP contribution in [0.3, 0.4) is 0 Å². The second-order valence-electron chi connectivity index (χ2n) is 3.35. The largest absolute Gasteiger partial charge is 0.709 e. The first-order valence-corrected chi connectivity index (χ1v) is 4.86. The van der Waals surface area contributed by atoms with E-state index in [1.54, 1.807) is 6.92 Å². The number of quaternary nitrogens is 1. The zero-order chi connectivity index (χ0) is 11.6. The van der Waals surface area contributed by atoms with Gasteiger partial charge in [-0.2, -0.15) is 5.01 Å². The van der Waals surface area contributed by atoms with Crippen molar-refractivity contribution in [3.63, 3.8) is 0 Å². The van der Waals surface area contributed by atoms with Gasteiger partial charge in [0.2, 0.25) is 0 Å². The van der Waals surface area contributed by atoms with Crippen LogP contribution in [-0.2, 0) is 22.2 Å². The summed E-state index contributed by atoms with van der Waals surface area (Å²) < 4.78 is 0. The first kappa shape index (κ1) is 12.2. The first-order chi connectivity index (χ1) is 6.91. The number of hydrazine groups is 1.